The third-order valence-corrected chi connectivity index (χ3v) is 6.87. The van der Waals surface area contributed by atoms with Gasteiger partial charge in [0.1, 0.15) is 5.82 Å². The summed E-state index contributed by atoms with van der Waals surface area (Å²) in [5.74, 6) is -0.880. The number of ether oxygens (including phenoxy) is 1. The fourth-order valence-electron chi connectivity index (χ4n) is 5.37. The number of fused-ring (bicyclic) bond motifs is 5. The number of likely N-dealkylation sites (tertiary alicyclic amines) is 1. The number of halogens is 1. The smallest absolute Gasteiger partial charge is 0.306 e. The monoisotopic (exact) mass is 395 g/mol. The Morgan fingerprint density at radius 2 is 1.86 bits per heavy atom. The Bertz CT molecular complexity index is 922. The molecule has 3 atom stereocenters. The van der Waals surface area contributed by atoms with E-state index in [4.69, 9.17) is 4.74 Å². The minimum Gasteiger partial charge on any atom is -0.481 e. The highest BCUT2D eigenvalue weighted by Gasteiger charge is 2.41. The van der Waals surface area contributed by atoms with Crippen LogP contribution in [0.15, 0.2) is 42.5 Å². The Hall–Kier alpha value is -2.24. The molecule has 0 bridgehead atoms. The summed E-state index contributed by atoms with van der Waals surface area (Å²) in [6.45, 7) is 2.41. The lowest BCUT2D eigenvalue weighted by molar-refractivity contribution is -0.143. The number of nitrogens with zero attached hydrogens (tertiary/aromatic N) is 1. The second kappa shape index (κ2) is 7.54. The van der Waals surface area contributed by atoms with E-state index in [0.717, 1.165) is 43.6 Å². The van der Waals surface area contributed by atoms with Crippen molar-refractivity contribution in [1.29, 1.82) is 0 Å². The predicted molar refractivity (Wildman–Crippen MR) is 107 cm³/mol. The quantitative estimate of drug-likeness (QED) is 0.849. The second-order valence-corrected chi connectivity index (χ2v) is 8.65. The number of carboxylic acids is 1. The van der Waals surface area contributed by atoms with Crippen LogP contribution < -0.4 is 0 Å². The fraction of sp³-hybridized carbons (Fsp3) is 0.458. The van der Waals surface area contributed by atoms with Gasteiger partial charge in [0.25, 0.3) is 0 Å². The molecular formula is C24H26FNO3. The van der Waals surface area contributed by atoms with Crippen molar-refractivity contribution in [2.75, 3.05) is 19.6 Å². The number of piperidine rings is 1. The van der Waals surface area contributed by atoms with Crippen LogP contribution in [0.25, 0.3) is 0 Å². The Balaban J connectivity index is 1.38. The summed E-state index contributed by atoms with van der Waals surface area (Å²) in [5, 5.41) is 9.21. The number of hydrogen-bond acceptors (Lipinski definition) is 3. The molecule has 5 heteroatoms. The Morgan fingerprint density at radius 1 is 1.10 bits per heavy atom. The lowest BCUT2D eigenvalue weighted by Gasteiger charge is -2.31. The van der Waals surface area contributed by atoms with Gasteiger partial charge in [0.05, 0.1) is 18.1 Å². The number of carbonyl (C=O) groups is 1. The molecule has 1 aliphatic carbocycles. The average Bonchev–Trinajstić information content (AvgIpc) is 3.08. The molecule has 0 saturated carbocycles. The zero-order chi connectivity index (χ0) is 20.0. The summed E-state index contributed by atoms with van der Waals surface area (Å²) in [7, 11) is 0. The first-order valence-electron chi connectivity index (χ1n) is 10.5. The van der Waals surface area contributed by atoms with Crippen LogP contribution >= 0.6 is 0 Å². The molecule has 2 fully saturated rings. The molecule has 2 aromatic rings. The van der Waals surface area contributed by atoms with Gasteiger partial charge in [-0.2, -0.15) is 0 Å². The van der Waals surface area contributed by atoms with Gasteiger partial charge in [-0.15, -0.1) is 0 Å². The van der Waals surface area contributed by atoms with Crippen molar-refractivity contribution in [1.82, 2.24) is 4.90 Å². The second-order valence-electron chi connectivity index (χ2n) is 8.65. The third kappa shape index (κ3) is 3.58. The first-order valence-corrected chi connectivity index (χ1v) is 10.5. The van der Waals surface area contributed by atoms with Gasteiger partial charge in [-0.25, -0.2) is 4.39 Å². The molecule has 29 heavy (non-hydrogen) atoms. The van der Waals surface area contributed by atoms with Gasteiger partial charge in [-0.1, -0.05) is 30.3 Å². The summed E-state index contributed by atoms with van der Waals surface area (Å²) >= 11 is 0. The topological polar surface area (TPSA) is 49.8 Å². The Labute approximate surface area is 170 Å². The standard InChI is InChI=1S/C24H26FNO3/c25-18-6-5-17-11-16-3-1-2-4-20(16)22-13-19(29-23(22)21(17)12-18)14-26-9-7-15(8-10-26)24(27)28/h1-6,12,15,19,22-23H,7-11,13-14H2,(H,27,28)/t19-,22-,23+/m1/s1. The number of carboxylic acid groups (broad SMARTS) is 1. The van der Waals surface area contributed by atoms with Crippen LogP contribution in [0.1, 0.15) is 53.5 Å². The van der Waals surface area contributed by atoms with Crippen LogP contribution in [0.2, 0.25) is 0 Å². The van der Waals surface area contributed by atoms with Crippen molar-refractivity contribution in [3.63, 3.8) is 0 Å². The number of benzene rings is 2. The largest absolute Gasteiger partial charge is 0.481 e. The van der Waals surface area contributed by atoms with E-state index >= 15 is 0 Å². The van der Waals surface area contributed by atoms with E-state index in [1.54, 1.807) is 12.1 Å². The van der Waals surface area contributed by atoms with E-state index in [9.17, 15) is 14.3 Å². The molecule has 0 amide bonds. The maximum atomic E-state index is 14.1. The van der Waals surface area contributed by atoms with Gasteiger partial charge in [-0.05, 0) is 73.2 Å². The Morgan fingerprint density at radius 3 is 2.66 bits per heavy atom. The van der Waals surface area contributed by atoms with Crippen molar-refractivity contribution in [2.45, 2.75) is 43.8 Å². The highest BCUT2D eigenvalue weighted by atomic mass is 19.1. The molecule has 0 spiro atoms. The normalized spacial score (nSPS) is 27.0. The maximum absolute atomic E-state index is 14.1. The Kier molecular flexibility index (Phi) is 4.88. The molecule has 0 aromatic heterocycles. The molecular weight excluding hydrogens is 369 g/mol. The van der Waals surface area contributed by atoms with E-state index in [0.29, 0.717) is 12.8 Å². The van der Waals surface area contributed by atoms with Crippen molar-refractivity contribution in [2.24, 2.45) is 5.92 Å². The third-order valence-electron chi connectivity index (χ3n) is 6.87. The lowest BCUT2D eigenvalue weighted by Crippen LogP contribution is -2.40. The van der Waals surface area contributed by atoms with Crippen molar-refractivity contribution >= 4 is 5.97 Å². The van der Waals surface area contributed by atoms with E-state index in [-0.39, 0.29) is 29.9 Å². The highest BCUT2D eigenvalue weighted by Crippen LogP contribution is 2.49. The van der Waals surface area contributed by atoms with Crippen molar-refractivity contribution in [3.8, 4) is 0 Å². The minimum atomic E-state index is -0.681. The molecule has 2 heterocycles. The van der Waals surface area contributed by atoms with E-state index < -0.39 is 5.97 Å². The van der Waals surface area contributed by atoms with Crippen LogP contribution in [-0.4, -0.2) is 41.7 Å². The van der Waals surface area contributed by atoms with Crippen LogP contribution in [-0.2, 0) is 16.0 Å². The van der Waals surface area contributed by atoms with Crippen LogP contribution in [0.5, 0.6) is 0 Å². The first kappa shape index (κ1) is 18.8. The van der Waals surface area contributed by atoms with Gasteiger partial charge in [0.15, 0.2) is 0 Å². The molecule has 2 aromatic carbocycles. The summed E-state index contributed by atoms with van der Waals surface area (Å²) < 4.78 is 20.6. The summed E-state index contributed by atoms with van der Waals surface area (Å²) in [5.41, 5.74) is 4.76. The van der Waals surface area contributed by atoms with Crippen molar-refractivity contribution < 1.29 is 19.0 Å². The first-order chi connectivity index (χ1) is 14.1. The molecule has 4 nitrogen and oxygen atoms in total. The van der Waals surface area contributed by atoms with Crippen LogP contribution in [0, 0.1) is 11.7 Å². The number of hydrogen-bond donors (Lipinski definition) is 1. The molecule has 0 radical (unpaired) electrons. The molecule has 3 aliphatic rings. The number of rotatable bonds is 3. The fourth-order valence-corrected chi connectivity index (χ4v) is 5.37. The van der Waals surface area contributed by atoms with E-state index in [1.807, 2.05) is 6.07 Å². The van der Waals surface area contributed by atoms with E-state index in [2.05, 4.69) is 29.2 Å². The lowest BCUT2D eigenvalue weighted by atomic mass is 9.87. The van der Waals surface area contributed by atoms with Gasteiger partial charge >= 0.3 is 5.97 Å². The average molecular weight is 395 g/mol. The summed E-state index contributed by atoms with van der Waals surface area (Å²) in [4.78, 5) is 13.5. The SMILES string of the molecule is O=C(O)C1CCN(C[C@H]2C[C@@H]3c4ccccc4Cc4ccc(F)cc4[C@@H]3O2)CC1. The van der Waals surface area contributed by atoms with E-state index in [1.165, 1.54) is 11.1 Å². The van der Waals surface area contributed by atoms with Crippen LogP contribution in [0.4, 0.5) is 4.39 Å². The molecule has 1 N–H and O–H groups in total. The van der Waals surface area contributed by atoms with Crippen molar-refractivity contribution in [3.05, 3.63) is 70.5 Å². The molecule has 2 aliphatic heterocycles. The van der Waals surface area contributed by atoms with Gasteiger partial charge in [0.2, 0.25) is 0 Å². The summed E-state index contributed by atoms with van der Waals surface area (Å²) in [6, 6.07) is 13.6. The minimum absolute atomic E-state index is 0.0775. The molecule has 0 unspecified atom stereocenters. The number of aliphatic carboxylic acids is 1. The van der Waals surface area contributed by atoms with Gasteiger partial charge < -0.3 is 14.7 Å². The van der Waals surface area contributed by atoms with Gasteiger partial charge in [-0.3, -0.25) is 4.79 Å². The molecule has 5 rings (SSSR count). The van der Waals surface area contributed by atoms with Gasteiger partial charge in [0, 0.05) is 12.5 Å². The molecule has 152 valence electrons. The zero-order valence-corrected chi connectivity index (χ0v) is 16.4. The maximum Gasteiger partial charge on any atom is 0.306 e. The molecule has 2 saturated heterocycles. The predicted octanol–water partition coefficient (Wildman–Crippen LogP) is 4.14. The highest BCUT2D eigenvalue weighted by molar-refractivity contribution is 5.70. The zero-order valence-electron chi connectivity index (χ0n) is 16.4. The summed E-state index contributed by atoms with van der Waals surface area (Å²) in [6.07, 6.45) is 3.09. The van der Waals surface area contributed by atoms with Crippen LogP contribution in [0.3, 0.4) is 0 Å².